The van der Waals surface area contributed by atoms with E-state index in [1.54, 1.807) is 30.6 Å². The van der Waals surface area contributed by atoms with Gasteiger partial charge in [0.15, 0.2) is 0 Å². The van der Waals surface area contributed by atoms with Crippen LogP contribution in [0, 0.1) is 18.6 Å². The van der Waals surface area contributed by atoms with Gasteiger partial charge in [0.2, 0.25) is 5.91 Å². The molecule has 0 bridgehead atoms. The number of halogens is 2. The predicted octanol–water partition coefficient (Wildman–Crippen LogP) is 4.43. The van der Waals surface area contributed by atoms with Crippen molar-refractivity contribution in [3.8, 4) is 10.6 Å². The molecule has 140 valence electrons. The van der Waals surface area contributed by atoms with Gasteiger partial charge in [-0.3, -0.25) is 10.0 Å². The summed E-state index contributed by atoms with van der Waals surface area (Å²) < 4.78 is 27.0. The van der Waals surface area contributed by atoms with Gasteiger partial charge in [-0.05, 0) is 54.8 Å². The third-order valence-corrected chi connectivity index (χ3v) is 5.52. The Morgan fingerprint density at radius 2 is 1.93 bits per heavy atom. The standard InChI is InChI=1S/C20H18F2N2O2S/c1-12-14(3-2-4-16(12)22)11-17-18(9-10-19(25)24-26)27-20(23-17)13-5-7-15(21)8-6-13/h2-8,26H,9-11H2,1H3,(H,24,25). The number of benzene rings is 2. The monoisotopic (exact) mass is 388 g/mol. The number of rotatable bonds is 6. The fraction of sp³-hybridized carbons (Fsp3) is 0.200. The fourth-order valence-corrected chi connectivity index (χ4v) is 3.82. The zero-order valence-electron chi connectivity index (χ0n) is 14.6. The molecule has 1 aromatic heterocycles. The van der Waals surface area contributed by atoms with Gasteiger partial charge >= 0.3 is 0 Å². The summed E-state index contributed by atoms with van der Waals surface area (Å²) in [6.45, 7) is 1.72. The molecule has 4 nitrogen and oxygen atoms in total. The van der Waals surface area contributed by atoms with Crippen LogP contribution in [0.3, 0.4) is 0 Å². The van der Waals surface area contributed by atoms with E-state index in [9.17, 15) is 13.6 Å². The van der Waals surface area contributed by atoms with Crippen molar-refractivity contribution in [1.82, 2.24) is 10.5 Å². The van der Waals surface area contributed by atoms with Crippen molar-refractivity contribution in [2.24, 2.45) is 0 Å². The molecular weight excluding hydrogens is 370 g/mol. The van der Waals surface area contributed by atoms with E-state index >= 15 is 0 Å². The lowest BCUT2D eigenvalue weighted by atomic mass is 10.0. The van der Waals surface area contributed by atoms with Crippen LogP contribution < -0.4 is 5.48 Å². The first-order valence-electron chi connectivity index (χ1n) is 8.39. The van der Waals surface area contributed by atoms with E-state index in [2.05, 4.69) is 4.98 Å². The first-order chi connectivity index (χ1) is 13.0. The molecule has 2 N–H and O–H groups in total. The van der Waals surface area contributed by atoms with Gasteiger partial charge in [-0.15, -0.1) is 11.3 Å². The number of aromatic nitrogens is 1. The summed E-state index contributed by atoms with van der Waals surface area (Å²) >= 11 is 1.41. The Kier molecular flexibility index (Phi) is 5.93. The predicted molar refractivity (Wildman–Crippen MR) is 99.7 cm³/mol. The molecule has 3 rings (SSSR count). The minimum atomic E-state index is -0.486. The Hall–Kier alpha value is -2.64. The number of amides is 1. The lowest BCUT2D eigenvalue weighted by Crippen LogP contribution is -2.18. The molecule has 3 aromatic rings. The zero-order chi connectivity index (χ0) is 19.4. The first kappa shape index (κ1) is 19.1. The van der Waals surface area contributed by atoms with Crippen LogP contribution in [0.1, 0.15) is 28.1 Å². The van der Waals surface area contributed by atoms with Gasteiger partial charge in [0.25, 0.3) is 0 Å². The Morgan fingerprint density at radius 3 is 2.63 bits per heavy atom. The Labute approximate surface area is 159 Å². The van der Waals surface area contributed by atoms with Gasteiger partial charge in [-0.25, -0.2) is 19.2 Å². The van der Waals surface area contributed by atoms with Crippen LogP contribution in [-0.2, 0) is 17.6 Å². The summed E-state index contributed by atoms with van der Waals surface area (Å²) in [5, 5.41) is 9.41. The van der Waals surface area contributed by atoms with Crippen LogP contribution in [0.2, 0.25) is 0 Å². The average molecular weight is 388 g/mol. The highest BCUT2D eigenvalue weighted by molar-refractivity contribution is 7.15. The van der Waals surface area contributed by atoms with E-state index in [0.29, 0.717) is 23.4 Å². The molecule has 27 heavy (non-hydrogen) atoms. The van der Waals surface area contributed by atoms with Crippen LogP contribution in [-0.4, -0.2) is 16.1 Å². The Balaban J connectivity index is 1.95. The summed E-state index contributed by atoms with van der Waals surface area (Å²) in [4.78, 5) is 16.9. The Morgan fingerprint density at radius 1 is 1.19 bits per heavy atom. The quantitative estimate of drug-likeness (QED) is 0.485. The van der Waals surface area contributed by atoms with Crippen molar-refractivity contribution >= 4 is 17.2 Å². The largest absolute Gasteiger partial charge is 0.289 e. The maximum atomic E-state index is 13.9. The molecule has 0 fully saturated rings. The number of aryl methyl sites for hydroxylation is 1. The van der Waals surface area contributed by atoms with Gasteiger partial charge in [-0.2, -0.15) is 0 Å². The molecular formula is C20H18F2N2O2S. The van der Waals surface area contributed by atoms with Crippen molar-refractivity contribution in [2.75, 3.05) is 0 Å². The summed E-state index contributed by atoms with van der Waals surface area (Å²) in [5.74, 6) is -1.09. The van der Waals surface area contributed by atoms with Gasteiger partial charge in [0.05, 0.1) is 5.69 Å². The van der Waals surface area contributed by atoms with Crippen LogP contribution in [0.25, 0.3) is 10.6 Å². The van der Waals surface area contributed by atoms with Crippen LogP contribution in [0.4, 0.5) is 8.78 Å². The molecule has 0 saturated carbocycles. The van der Waals surface area contributed by atoms with Crippen molar-refractivity contribution in [3.63, 3.8) is 0 Å². The number of carbonyl (C=O) groups excluding carboxylic acids is 1. The van der Waals surface area contributed by atoms with E-state index < -0.39 is 5.91 Å². The third kappa shape index (κ3) is 4.56. The summed E-state index contributed by atoms with van der Waals surface area (Å²) in [6.07, 6.45) is 0.934. The lowest BCUT2D eigenvalue weighted by molar-refractivity contribution is -0.129. The minimum absolute atomic E-state index is 0.108. The number of hydrogen-bond acceptors (Lipinski definition) is 4. The normalized spacial score (nSPS) is 10.8. The van der Waals surface area contributed by atoms with Crippen LogP contribution in [0.15, 0.2) is 42.5 Å². The molecule has 0 unspecified atom stereocenters. The van der Waals surface area contributed by atoms with Crippen molar-refractivity contribution < 1.29 is 18.8 Å². The molecule has 2 aromatic carbocycles. The molecule has 1 amide bonds. The minimum Gasteiger partial charge on any atom is -0.289 e. The number of nitrogens with zero attached hydrogens (tertiary/aromatic N) is 1. The SMILES string of the molecule is Cc1c(F)cccc1Cc1nc(-c2ccc(F)cc2)sc1CCC(=O)NO. The van der Waals surface area contributed by atoms with E-state index in [4.69, 9.17) is 5.21 Å². The number of hydroxylamine groups is 1. The molecule has 0 spiro atoms. The second kappa shape index (κ2) is 8.37. The summed E-state index contributed by atoms with van der Waals surface area (Å²) in [7, 11) is 0. The molecule has 1 heterocycles. The van der Waals surface area contributed by atoms with E-state index in [0.717, 1.165) is 21.7 Å². The van der Waals surface area contributed by atoms with Crippen molar-refractivity contribution in [2.45, 2.75) is 26.2 Å². The maximum absolute atomic E-state index is 13.9. The second-order valence-corrected chi connectivity index (χ2v) is 7.22. The van der Waals surface area contributed by atoms with Crippen LogP contribution in [0.5, 0.6) is 0 Å². The number of nitrogens with one attached hydrogen (secondary N) is 1. The highest BCUT2D eigenvalue weighted by Crippen LogP contribution is 2.31. The highest BCUT2D eigenvalue weighted by atomic mass is 32.1. The first-order valence-corrected chi connectivity index (χ1v) is 9.21. The highest BCUT2D eigenvalue weighted by Gasteiger charge is 2.16. The fourth-order valence-electron chi connectivity index (χ4n) is 2.74. The average Bonchev–Trinajstić information content (AvgIpc) is 3.06. The van der Waals surface area contributed by atoms with Crippen molar-refractivity contribution in [3.05, 3.63) is 75.8 Å². The summed E-state index contributed by atoms with van der Waals surface area (Å²) in [5.41, 5.74) is 4.52. The Bertz CT molecular complexity index is 955. The molecule has 0 saturated heterocycles. The van der Waals surface area contributed by atoms with Crippen molar-refractivity contribution in [1.29, 1.82) is 0 Å². The number of carbonyl (C=O) groups is 1. The smallest absolute Gasteiger partial charge is 0.243 e. The van der Waals surface area contributed by atoms with Gasteiger partial charge < -0.3 is 0 Å². The lowest BCUT2D eigenvalue weighted by Gasteiger charge is -2.06. The molecule has 7 heteroatoms. The van der Waals surface area contributed by atoms with E-state index in [-0.39, 0.29) is 18.1 Å². The van der Waals surface area contributed by atoms with Gasteiger partial charge in [-0.1, -0.05) is 12.1 Å². The summed E-state index contributed by atoms with van der Waals surface area (Å²) in [6, 6.07) is 10.9. The van der Waals surface area contributed by atoms with Gasteiger partial charge in [0, 0.05) is 23.3 Å². The van der Waals surface area contributed by atoms with Crippen LogP contribution >= 0.6 is 11.3 Å². The molecule has 0 atom stereocenters. The topological polar surface area (TPSA) is 62.2 Å². The van der Waals surface area contributed by atoms with E-state index in [1.807, 2.05) is 6.07 Å². The second-order valence-electron chi connectivity index (χ2n) is 6.13. The van der Waals surface area contributed by atoms with E-state index in [1.165, 1.54) is 29.5 Å². The molecule has 0 aliphatic carbocycles. The zero-order valence-corrected chi connectivity index (χ0v) is 15.4. The molecule has 0 aliphatic rings. The maximum Gasteiger partial charge on any atom is 0.243 e. The molecule has 0 aliphatic heterocycles. The van der Waals surface area contributed by atoms with Gasteiger partial charge in [0.1, 0.15) is 16.6 Å². The molecule has 0 radical (unpaired) electrons. The third-order valence-electron chi connectivity index (χ3n) is 4.31. The number of hydrogen-bond donors (Lipinski definition) is 2. The number of thiazole rings is 1.